The lowest BCUT2D eigenvalue weighted by molar-refractivity contribution is -0.121. The quantitative estimate of drug-likeness (QED) is 0.355. The van der Waals surface area contributed by atoms with Crippen LogP contribution in [-0.4, -0.2) is 15.5 Å². The van der Waals surface area contributed by atoms with Crippen LogP contribution in [0.1, 0.15) is 25.7 Å². The molecule has 0 fully saturated rings. The van der Waals surface area contributed by atoms with Crippen molar-refractivity contribution in [2.45, 2.75) is 32.2 Å². The fourth-order valence-corrected chi connectivity index (χ4v) is 2.15. The second-order valence-corrected chi connectivity index (χ2v) is 4.61. The zero-order chi connectivity index (χ0) is 14.4. The summed E-state index contributed by atoms with van der Waals surface area (Å²) in [6, 6.07) is 7.57. The van der Waals surface area contributed by atoms with Crippen LogP contribution in [0.2, 0.25) is 0 Å². The van der Waals surface area contributed by atoms with E-state index in [4.69, 9.17) is 5.84 Å². The van der Waals surface area contributed by atoms with Crippen LogP contribution >= 0.6 is 0 Å². The molecular weight excluding hydrogens is 256 g/mol. The highest BCUT2D eigenvalue weighted by molar-refractivity contribution is 5.75. The Bertz CT molecular complexity index is 651. The summed E-state index contributed by atoms with van der Waals surface area (Å²) in [4.78, 5) is 27.0. The highest BCUT2D eigenvalue weighted by atomic mass is 16.2. The van der Waals surface area contributed by atoms with Crippen LogP contribution in [-0.2, 0) is 11.3 Å². The lowest BCUT2D eigenvalue weighted by Crippen LogP contribution is -2.29. The van der Waals surface area contributed by atoms with E-state index in [0.29, 0.717) is 13.0 Å². The van der Waals surface area contributed by atoms with E-state index in [1.54, 1.807) is 4.57 Å². The Kier molecular flexibility index (Phi) is 4.84. The van der Waals surface area contributed by atoms with E-state index in [2.05, 4.69) is 10.4 Å². The van der Waals surface area contributed by atoms with Crippen LogP contribution in [0.3, 0.4) is 0 Å². The van der Waals surface area contributed by atoms with Crippen molar-refractivity contribution in [3.63, 3.8) is 0 Å². The zero-order valence-corrected chi connectivity index (χ0v) is 11.2. The number of nitrogens with two attached hydrogens (primary N) is 1. The molecule has 0 bridgehead atoms. The molecule has 0 saturated carbocycles. The van der Waals surface area contributed by atoms with E-state index in [-0.39, 0.29) is 11.5 Å². The van der Waals surface area contributed by atoms with Crippen molar-refractivity contribution in [2.24, 2.45) is 5.84 Å². The minimum atomic E-state index is -0.156. The molecule has 2 aromatic rings. The van der Waals surface area contributed by atoms with Crippen LogP contribution in [0, 0.1) is 0 Å². The van der Waals surface area contributed by atoms with Crippen LogP contribution in [0.4, 0.5) is 0 Å². The summed E-state index contributed by atoms with van der Waals surface area (Å²) < 4.78 is 1.73. The fourth-order valence-electron chi connectivity index (χ4n) is 2.15. The predicted molar refractivity (Wildman–Crippen MR) is 76.8 cm³/mol. The van der Waals surface area contributed by atoms with Gasteiger partial charge in [0.15, 0.2) is 0 Å². The van der Waals surface area contributed by atoms with E-state index in [1.807, 2.05) is 24.3 Å². The first kappa shape index (κ1) is 14.2. The largest absolute Gasteiger partial charge is 0.305 e. The summed E-state index contributed by atoms with van der Waals surface area (Å²) in [5, 5.41) is 0. The summed E-state index contributed by atoms with van der Waals surface area (Å²) >= 11 is 0. The normalized spacial score (nSPS) is 10.7. The van der Waals surface area contributed by atoms with E-state index in [0.717, 1.165) is 30.3 Å². The van der Waals surface area contributed by atoms with Crippen molar-refractivity contribution in [2.75, 3.05) is 0 Å². The second kappa shape index (κ2) is 6.81. The Labute approximate surface area is 116 Å². The Morgan fingerprint density at radius 1 is 1.25 bits per heavy atom. The molecule has 1 heterocycles. The van der Waals surface area contributed by atoms with Gasteiger partial charge >= 0.3 is 0 Å². The van der Waals surface area contributed by atoms with Crippen molar-refractivity contribution >= 4 is 16.9 Å². The van der Waals surface area contributed by atoms with Crippen molar-refractivity contribution in [1.29, 1.82) is 0 Å². The fraction of sp³-hybridized carbons (Fsp3) is 0.357. The van der Waals surface area contributed by atoms with Crippen molar-refractivity contribution < 1.29 is 4.79 Å². The molecule has 0 spiro atoms. The number of unbranched alkanes of at least 4 members (excludes halogenated alkanes) is 2. The monoisotopic (exact) mass is 274 g/mol. The number of aryl methyl sites for hydroxylation is 1. The number of amides is 1. The molecule has 6 heteroatoms. The summed E-state index contributed by atoms with van der Waals surface area (Å²) in [6.07, 6.45) is 4.25. The summed E-state index contributed by atoms with van der Waals surface area (Å²) in [6.45, 7) is 0.631. The molecule has 0 atom stereocenters. The maximum Gasteiger partial charge on any atom is 0.269 e. The maximum atomic E-state index is 11.9. The zero-order valence-electron chi connectivity index (χ0n) is 11.2. The standard InChI is InChI=1S/C14H18N4O2/c15-17-13(19)8-2-1-5-9-18-12-7-4-3-6-11(12)16-10-14(18)20/h3-4,6-7,10H,1-2,5,8-9,15H2,(H,17,19). The molecule has 6 nitrogen and oxygen atoms in total. The van der Waals surface area contributed by atoms with E-state index in [1.165, 1.54) is 6.20 Å². The van der Waals surface area contributed by atoms with Gasteiger partial charge in [0.05, 0.1) is 17.2 Å². The van der Waals surface area contributed by atoms with Crippen molar-refractivity contribution in [1.82, 2.24) is 15.0 Å². The molecule has 0 aliphatic heterocycles. The highest BCUT2D eigenvalue weighted by Gasteiger charge is 2.03. The molecule has 3 N–H and O–H groups in total. The van der Waals surface area contributed by atoms with Gasteiger partial charge in [0.2, 0.25) is 5.91 Å². The third kappa shape index (κ3) is 3.42. The Morgan fingerprint density at radius 3 is 2.85 bits per heavy atom. The number of hydrogen-bond donors (Lipinski definition) is 2. The van der Waals surface area contributed by atoms with E-state index in [9.17, 15) is 9.59 Å². The minimum absolute atomic E-state index is 0.0941. The Morgan fingerprint density at radius 2 is 2.05 bits per heavy atom. The van der Waals surface area contributed by atoms with Gasteiger partial charge in [-0.1, -0.05) is 18.6 Å². The SMILES string of the molecule is NNC(=O)CCCCCn1c(=O)cnc2ccccc21. The Balaban J connectivity index is 1.98. The van der Waals surface area contributed by atoms with Crippen molar-refractivity contribution in [3.05, 3.63) is 40.8 Å². The average molecular weight is 274 g/mol. The van der Waals surface area contributed by atoms with Crippen LogP contribution < -0.4 is 16.8 Å². The molecule has 2 rings (SSSR count). The highest BCUT2D eigenvalue weighted by Crippen LogP contribution is 2.10. The first-order valence-corrected chi connectivity index (χ1v) is 6.66. The number of para-hydroxylation sites is 2. The average Bonchev–Trinajstić information content (AvgIpc) is 2.48. The predicted octanol–water partition coefficient (Wildman–Crippen LogP) is 0.947. The minimum Gasteiger partial charge on any atom is -0.305 e. The molecule has 0 saturated heterocycles. The number of benzene rings is 1. The molecule has 0 unspecified atom stereocenters. The lowest BCUT2D eigenvalue weighted by Gasteiger charge is -2.09. The van der Waals surface area contributed by atoms with Gasteiger partial charge in [-0.3, -0.25) is 15.0 Å². The number of fused-ring (bicyclic) bond motifs is 1. The van der Waals surface area contributed by atoms with Gasteiger partial charge < -0.3 is 4.57 Å². The van der Waals surface area contributed by atoms with Crippen LogP contribution in [0.5, 0.6) is 0 Å². The second-order valence-electron chi connectivity index (χ2n) is 4.61. The molecule has 0 radical (unpaired) electrons. The molecule has 0 aliphatic carbocycles. The lowest BCUT2D eigenvalue weighted by atomic mass is 10.2. The number of rotatable bonds is 6. The van der Waals surface area contributed by atoms with E-state index < -0.39 is 0 Å². The van der Waals surface area contributed by atoms with Crippen LogP contribution in [0.15, 0.2) is 35.3 Å². The number of hydrogen-bond acceptors (Lipinski definition) is 4. The number of nitrogens with one attached hydrogen (secondary N) is 1. The summed E-state index contributed by atoms with van der Waals surface area (Å²) in [5.41, 5.74) is 3.67. The van der Waals surface area contributed by atoms with Gasteiger partial charge in [-0.2, -0.15) is 0 Å². The van der Waals surface area contributed by atoms with Gasteiger partial charge in [-0.05, 0) is 25.0 Å². The van der Waals surface area contributed by atoms with Crippen molar-refractivity contribution in [3.8, 4) is 0 Å². The molecule has 20 heavy (non-hydrogen) atoms. The smallest absolute Gasteiger partial charge is 0.269 e. The first-order chi connectivity index (χ1) is 9.72. The molecular formula is C14H18N4O2. The topological polar surface area (TPSA) is 90.0 Å². The van der Waals surface area contributed by atoms with Gasteiger partial charge in [0.1, 0.15) is 0 Å². The molecule has 1 aromatic carbocycles. The maximum absolute atomic E-state index is 11.9. The molecule has 0 aliphatic rings. The van der Waals surface area contributed by atoms with E-state index >= 15 is 0 Å². The molecule has 1 amide bonds. The number of carbonyl (C=O) groups excluding carboxylic acids is 1. The summed E-state index contributed by atoms with van der Waals surface area (Å²) in [5.74, 6) is 4.85. The van der Waals surface area contributed by atoms with Gasteiger partial charge in [0.25, 0.3) is 5.56 Å². The Hall–Kier alpha value is -2.21. The number of hydrazine groups is 1. The number of nitrogens with zero attached hydrogens (tertiary/aromatic N) is 2. The van der Waals surface area contributed by atoms with Gasteiger partial charge in [-0.25, -0.2) is 10.8 Å². The van der Waals surface area contributed by atoms with Gasteiger partial charge in [-0.15, -0.1) is 0 Å². The number of carbonyl (C=O) groups is 1. The third-order valence-electron chi connectivity index (χ3n) is 3.20. The summed E-state index contributed by atoms with van der Waals surface area (Å²) in [7, 11) is 0. The number of aromatic nitrogens is 2. The molecule has 106 valence electrons. The van der Waals surface area contributed by atoms with Gasteiger partial charge in [0, 0.05) is 13.0 Å². The van der Waals surface area contributed by atoms with Crippen LogP contribution in [0.25, 0.3) is 11.0 Å². The third-order valence-corrected chi connectivity index (χ3v) is 3.20. The molecule has 1 aromatic heterocycles. The first-order valence-electron chi connectivity index (χ1n) is 6.66.